The second-order valence-electron chi connectivity index (χ2n) is 2.55. The molecule has 0 radical (unpaired) electrons. The summed E-state index contributed by atoms with van der Waals surface area (Å²) < 4.78 is 4.91. The van der Waals surface area contributed by atoms with Gasteiger partial charge in [-0.1, -0.05) is 0 Å². The van der Waals surface area contributed by atoms with Crippen molar-refractivity contribution in [3.8, 4) is 5.75 Å². The Morgan fingerprint density at radius 2 is 1.86 bits per heavy atom. The lowest BCUT2D eigenvalue weighted by Crippen LogP contribution is -2.34. The molecule has 0 fully saturated rings. The number of primary amides is 1. The second-order valence-corrected chi connectivity index (χ2v) is 2.55. The van der Waals surface area contributed by atoms with Crippen LogP contribution >= 0.6 is 0 Å². The largest absolute Gasteiger partial charge is 0.497 e. The molecule has 1 rings (SSSR count). The van der Waals surface area contributed by atoms with Crippen molar-refractivity contribution in [1.29, 1.82) is 0 Å². The van der Waals surface area contributed by atoms with Crippen molar-refractivity contribution in [2.45, 2.75) is 0 Å². The molecule has 0 unspecified atom stereocenters. The third-order valence-corrected chi connectivity index (χ3v) is 1.59. The van der Waals surface area contributed by atoms with Gasteiger partial charge in [-0.05, 0) is 24.3 Å². The number of carbonyl (C=O) groups is 2. The highest BCUT2D eigenvalue weighted by Gasteiger charge is 2.06. The molecule has 1 aromatic rings. The second kappa shape index (κ2) is 4.27. The van der Waals surface area contributed by atoms with Gasteiger partial charge < -0.3 is 10.5 Å². The monoisotopic (exact) mass is 194 g/mol. The average Bonchev–Trinajstić information content (AvgIpc) is 2.17. The van der Waals surface area contributed by atoms with Crippen LogP contribution in [0.5, 0.6) is 5.75 Å². The first-order chi connectivity index (χ1) is 6.63. The Morgan fingerprint density at radius 3 is 2.29 bits per heavy atom. The van der Waals surface area contributed by atoms with E-state index in [1.807, 2.05) is 5.32 Å². The van der Waals surface area contributed by atoms with Gasteiger partial charge in [0.15, 0.2) is 0 Å². The van der Waals surface area contributed by atoms with E-state index in [4.69, 9.17) is 10.5 Å². The minimum atomic E-state index is -0.870. The standard InChI is InChI=1S/C9H10N2O3/c1-14-7-4-2-6(3-5-7)8(12)11-9(10)13/h2-5H,1H3,(H3,10,11,12,13). The Kier molecular flexibility index (Phi) is 3.06. The van der Waals surface area contributed by atoms with E-state index in [2.05, 4.69) is 0 Å². The fraction of sp³-hybridized carbons (Fsp3) is 0.111. The van der Waals surface area contributed by atoms with Crippen molar-refractivity contribution < 1.29 is 14.3 Å². The predicted octanol–water partition coefficient (Wildman–Crippen LogP) is 0.504. The van der Waals surface area contributed by atoms with Crippen LogP contribution in [0.1, 0.15) is 10.4 Å². The van der Waals surface area contributed by atoms with Crippen LogP contribution in [0.3, 0.4) is 0 Å². The molecule has 0 bridgehead atoms. The van der Waals surface area contributed by atoms with Crippen molar-refractivity contribution >= 4 is 11.9 Å². The Labute approximate surface area is 80.9 Å². The maximum Gasteiger partial charge on any atom is 0.319 e. The number of ether oxygens (including phenoxy) is 1. The number of hydrogen-bond donors (Lipinski definition) is 2. The van der Waals surface area contributed by atoms with Crippen molar-refractivity contribution in [2.75, 3.05) is 7.11 Å². The zero-order valence-electron chi connectivity index (χ0n) is 7.61. The normalized spacial score (nSPS) is 9.21. The third-order valence-electron chi connectivity index (χ3n) is 1.59. The Bertz CT molecular complexity index is 346. The summed E-state index contributed by atoms with van der Waals surface area (Å²) in [6.45, 7) is 0. The number of benzene rings is 1. The molecule has 5 nitrogen and oxygen atoms in total. The van der Waals surface area contributed by atoms with E-state index >= 15 is 0 Å². The topological polar surface area (TPSA) is 81.4 Å². The summed E-state index contributed by atoms with van der Waals surface area (Å²) in [6.07, 6.45) is 0. The molecule has 0 atom stereocenters. The molecule has 0 heterocycles. The van der Waals surface area contributed by atoms with Gasteiger partial charge in [0.1, 0.15) is 5.75 Å². The summed E-state index contributed by atoms with van der Waals surface area (Å²) in [5.41, 5.74) is 5.14. The molecule has 0 aliphatic carbocycles. The zero-order chi connectivity index (χ0) is 10.6. The van der Waals surface area contributed by atoms with E-state index in [9.17, 15) is 9.59 Å². The highest BCUT2D eigenvalue weighted by molar-refractivity contribution is 6.03. The SMILES string of the molecule is COc1ccc(C(=O)NC(N)=O)cc1. The zero-order valence-corrected chi connectivity index (χ0v) is 7.61. The molecule has 1 aromatic carbocycles. The summed E-state index contributed by atoms with van der Waals surface area (Å²) in [5, 5.41) is 1.96. The number of rotatable bonds is 2. The summed E-state index contributed by atoms with van der Waals surface area (Å²) in [6, 6.07) is 5.45. The van der Waals surface area contributed by atoms with Crippen LogP contribution < -0.4 is 15.8 Å². The molecule has 0 saturated carbocycles. The van der Waals surface area contributed by atoms with E-state index in [-0.39, 0.29) is 0 Å². The first-order valence-corrected chi connectivity index (χ1v) is 3.88. The van der Waals surface area contributed by atoms with Crippen LogP contribution in [0.4, 0.5) is 4.79 Å². The Hall–Kier alpha value is -2.04. The first-order valence-electron chi connectivity index (χ1n) is 3.88. The minimum Gasteiger partial charge on any atom is -0.497 e. The fourth-order valence-electron chi connectivity index (χ4n) is 0.926. The van der Waals surface area contributed by atoms with E-state index in [1.54, 1.807) is 12.1 Å². The fourth-order valence-corrected chi connectivity index (χ4v) is 0.926. The van der Waals surface area contributed by atoms with Gasteiger partial charge in [-0.15, -0.1) is 0 Å². The van der Waals surface area contributed by atoms with Crippen molar-refractivity contribution in [3.63, 3.8) is 0 Å². The Balaban J connectivity index is 2.76. The number of methoxy groups -OCH3 is 1. The molecule has 3 N–H and O–H groups in total. The number of urea groups is 1. The lowest BCUT2D eigenvalue weighted by Gasteiger charge is -2.02. The van der Waals surface area contributed by atoms with Gasteiger partial charge in [0.05, 0.1) is 7.11 Å². The molecule has 0 aromatic heterocycles. The summed E-state index contributed by atoms with van der Waals surface area (Å²) in [4.78, 5) is 21.6. The highest BCUT2D eigenvalue weighted by Crippen LogP contribution is 2.10. The van der Waals surface area contributed by atoms with E-state index in [1.165, 1.54) is 19.2 Å². The van der Waals surface area contributed by atoms with Gasteiger partial charge in [0, 0.05) is 5.56 Å². The summed E-state index contributed by atoms with van der Waals surface area (Å²) >= 11 is 0. The van der Waals surface area contributed by atoms with Crippen molar-refractivity contribution in [2.24, 2.45) is 5.73 Å². The van der Waals surface area contributed by atoms with E-state index in [0.717, 1.165) is 0 Å². The molecule has 0 aliphatic heterocycles. The average molecular weight is 194 g/mol. The van der Waals surface area contributed by atoms with Gasteiger partial charge in [-0.25, -0.2) is 4.79 Å². The summed E-state index contributed by atoms with van der Waals surface area (Å²) in [7, 11) is 1.53. The number of nitrogens with one attached hydrogen (secondary N) is 1. The molecular formula is C9H10N2O3. The number of amides is 3. The van der Waals surface area contributed by atoms with E-state index < -0.39 is 11.9 Å². The molecule has 0 saturated heterocycles. The maximum absolute atomic E-state index is 11.2. The third kappa shape index (κ3) is 2.48. The van der Waals surface area contributed by atoms with Crippen LogP contribution in [0, 0.1) is 0 Å². The maximum atomic E-state index is 11.2. The molecule has 0 aliphatic rings. The van der Waals surface area contributed by atoms with Crippen LogP contribution in [0.2, 0.25) is 0 Å². The van der Waals surface area contributed by atoms with Crippen LogP contribution in [-0.2, 0) is 0 Å². The molecule has 74 valence electrons. The number of carbonyl (C=O) groups excluding carboxylic acids is 2. The predicted molar refractivity (Wildman–Crippen MR) is 50.0 cm³/mol. The highest BCUT2D eigenvalue weighted by atomic mass is 16.5. The van der Waals surface area contributed by atoms with Gasteiger partial charge in [-0.2, -0.15) is 0 Å². The van der Waals surface area contributed by atoms with Gasteiger partial charge in [0.2, 0.25) is 0 Å². The number of hydrogen-bond acceptors (Lipinski definition) is 3. The van der Waals surface area contributed by atoms with Crippen molar-refractivity contribution in [1.82, 2.24) is 5.32 Å². The molecular weight excluding hydrogens is 184 g/mol. The van der Waals surface area contributed by atoms with Crippen molar-refractivity contribution in [3.05, 3.63) is 29.8 Å². The van der Waals surface area contributed by atoms with Crippen LogP contribution in [-0.4, -0.2) is 19.0 Å². The summed E-state index contributed by atoms with van der Waals surface area (Å²) in [5.74, 6) is 0.112. The van der Waals surface area contributed by atoms with Gasteiger partial charge in [-0.3, -0.25) is 10.1 Å². The van der Waals surface area contributed by atoms with Gasteiger partial charge >= 0.3 is 6.03 Å². The quantitative estimate of drug-likeness (QED) is 0.719. The van der Waals surface area contributed by atoms with E-state index in [0.29, 0.717) is 11.3 Å². The van der Waals surface area contributed by atoms with Crippen LogP contribution in [0.15, 0.2) is 24.3 Å². The first kappa shape index (κ1) is 10.0. The number of nitrogens with two attached hydrogens (primary N) is 1. The molecule has 5 heteroatoms. The molecule has 14 heavy (non-hydrogen) atoms. The smallest absolute Gasteiger partial charge is 0.319 e. The molecule has 3 amide bonds. The van der Waals surface area contributed by atoms with Gasteiger partial charge in [0.25, 0.3) is 5.91 Å². The lowest BCUT2D eigenvalue weighted by atomic mass is 10.2. The lowest BCUT2D eigenvalue weighted by molar-refractivity contribution is 0.0966. The number of imide groups is 1. The van der Waals surface area contributed by atoms with Crippen LogP contribution in [0.25, 0.3) is 0 Å². The minimum absolute atomic E-state index is 0.351. The Morgan fingerprint density at radius 1 is 1.29 bits per heavy atom. The molecule has 0 spiro atoms.